The second-order valence-corrected chi connectivity index (χ2v) is 5.36. The van der Waals surface area contributed by atoms with Gasteiger partial charge in [-0.05, 0) is 37.1 Å². The van der Waals surface area contributed by atoms with E-state index in [1.54, 1.807) is 18.2 Å². The van der Waals surface area contributed by atoms with Crippen LogP contribution in [0.1, 0.15) is 23.3 Å². The topological polar surface area (TPSA) is 64.4 Å². The Morgan fingerprint density at radius 2 is 2.19 bits per heavy atom. The minimum Gasteiger partial charge on any atom is -0.376 e. The number of nitrogens with one attached hydrogen (secondary N) is 1. The van der Waals surface area contributed by atoms with Crippen LogP contribution in [0.5, 0.6) is 0 Å². The van der Waals surface area contributed by atoms with E-state index in [9.17, 15) is 4.79 Å². The van der Waals surface area contributed by atoms with Crippen LogP contribution in [-0.2, 0) is 4.74 Å². The fraction of sp³-hybridized carbons (Fsp3) is 0.333. The van der Waals surface area contributed by atoms with Gasteiger partial charge in [-0.2, -0.15) is 0 Å². The highest BCUT2D eigenvalue weighted by Gasteiger charge is 2.18. The molecule has 1 saturated heterocycles. The average molecular weight is 307 g/mol. The Balaban J connectivity index is 1.63. The maximum atomic E-state index is 12.0. The molecule has 0 spiro atoms. The first-order valence-corrected chi connectivity index (χ1v) is 7.22. The first-order chi connectivity index (χ1) is 10.2. The Hall–Kier alpha value is -1.85. The summed E-state index contributed by atoms with van der Waals surface area (Å²) in [5, 5.41) is 7.25. The number of carbonyl (C=O) groups excluding carboxylic acids is 1. The van der Waals surface area contributed by atoms with Crippen LogP contribution in [-0.4, -0.2) is 30.3 Å². The molecule has 5 nitrogen and oxygen atoms in total. The highest BCUT2D eigenvalue weighted by molar-refractivity contribution is 6.30. The maximum Gasteiger partial charge on any atom is 0.273 e. The lowest BCUT2D eigenvalue weighted by molar-refractivity contribution is 0.0850. The minimum absolute atomic E-state index is 0.108. The molecule has 2 heterocycles. The predicted octanol–water partition coefficient (Wildman–Crippen LogP) is 2.90. The zero-order chi connectivity index (χ0) is 14.7. The molecule has 1 aromatic heterocycles. The molecular formula is C15H15ClN2O3. The third-order valence-electron chi connectivity index (χ3n) is 3.39. The number of carbonyl (C=O) groups is 1. The Morgan fingerprint density at radius 3 is 2.90 bits per heavy atom. The highest BCUT2D eigenvalue weighted by atomic mass is 35.5. The molecule has 1 fully saturated rings. The molecule has 3 rings (SSSR count). The molecule has 0 radical (unpaired) electrons. The smallest absolute Gasteiger partial charge is 0.273 e. The number of aromatic nitrogens is 1. The Kier molecular flexibility index (Phi) is 4.22. The molecule has 1 aromatic carbocycles. The van der Waals surface area contributed by atoms with Gasteiger partial charge in [-0.25, -0.2) is 0 Å². The van der Waals surface area contributed by atoms with Gasteiger partial charge >= 0.3 is 0 Å². The van der Waals surface area contributed by atoms with Crippen LogP contribution in [0, 0.1) is 0 Å². The van der Waals surface area contributed by atoms with Crippen molar-refractivity contribution in [2.45, 2.75) is 18.9 Å². The molecule has 6 heteroatoms. The summed E-state index contributed by atoms with van der Waals surface area (Å²) in [6.45, 7) is 1.27. The molecule has 1 aliphatic rings. The predicted molar refractivity (Wildman–Crippen MR) is 78.3 cm³/mol. The Bertz CT molecular complexity index is 618. The van der Waals surface area contributed by atoms with E-state index in [1.807, 2.05) is 12.1 Å². The fourth-order valence-corrected chi connectivity index (χ4v) is 2.36. The number of ether oxygens (including phenoxy) is 1. The number of rotatable bonds is 4. The van der Waals surface area contributed by atoms with Crippen molar-refractivity contribution in [2.24, 2.45) is 0 Å². The number of halogens is 1. The molecule has 1 aliphatic heterocycles. The third kappa shape index (κ3) is 3.43. The number of benzene rings is 1. The van der Waals surface area contributed by atoms with Crippen LogP contribution >= 0.6 is 11.6 Å². The molecule has 2 aromatic rings. The number of nitrogens with zero attached hydrogens (tertiary/aromatic N) is 1. The van der Waals surface area contributed by atoms with E-state index in [1.165, 1.54) is 0 Å². The lowest BCUT2D eigenvalue weighted by Gasteiger charge is -2.09. The quantitative estimate of drug-likeness (QED) is 0.943. The van der Waals surface area contributed by atoms with Gasteiger partial charge in [-0.3, -0.25) is 4.79 Å². The first kappa shape index (κ1) is 14.1. The molecule has 0 bridgehead atoms. The number of hydrogen-bond donors (Lipinski definition) is 1. The van der Waals surface area contributed by atoms with Gasteiger partial charge in [0.05, 0.1) is 6.10 Å². The molecule has 21 heavy (non-hydrogen) atoms. The lowest BCUT2D eigenvalue weighted by atomic mass is 10.1. The summed E-state index contributed by atoms with van der Waals surface area (Å²) < 4.78 is 10.7. The third-order valence-corrected chi connectivity index (χ3v) is 3.64. The SMILES string of the molecule is O=C(NC[C@H]1CCCO1)c1cc(-c2ccc(Cl)cc2)on1. The van der Waals surface area contributed by atoms with Gasteiger partial charge in [0.1, 0.15) is 0 Å². The van der Waals surface area contributed by atoms with E-state index in [2.05, 4.69) is 10.5 Å². The first-order valence-electron chi connectivity index (χ1n) is 6.85. The van der Waals surface area contributed by atoms with Gasteiger partial charge in [0, 0.05) is 29.8 Å². The van der Waals surface area contributed by atoms with Gasteiger partial charge in [0.25, 0.3) is 5.91 Å². The zero-order valence-corrected chi connectivity index (χ0v) is 12.1. The van der Waals surface area contributed by atoms with Crippen LogP contribution in [0.4, 0.5) is 0 Å². The molecular weight excluding hydrogens is 292 g/mol. The summed E-state index contributed by atoms with van der Waals surface area (Å²) >= 11 is 5.84. The maximum absolute atomic E-state index is 12.0. The summed E-state index contributed by atoms with van der Waals surface area (Å²) in [5.74, 6) is 0.281. The normalized spacial score (nSPS) is 17.9. The van der Waals surface area contributed by atoms with E-state index >= 15 is 0 Å². The number of amides is 1. The van der Waals surface area contributed by atoms with Crippen molar-refractivity contribution in [3.63, 3.8) is 0 Å². The summed E-state index contributed by atoms with van der Waals surface area (Å²) in [7, 11) is 0. The van der Waals surface area contributed by atoms with Gasteiger partial charge in [-0.1, -0.05) is 16.8 Å². The Labute approximate surface area is 127 Å². The summed E-state index contributed by atoms with van der Waals surface area (Å²) in [5.41, 5.74) is 1.09. The van der Waals surface area contributed by atoms with Crippen molar-refractivity contribution in [2.75, 3.05) is 13.2 Å². The second kappa shape index (κ2) is 6.28. The van der Waals surface area contributed by atoms with E-state index in [0.717, 1.165) is 25.0 Å². The molecule has 1 amide bonds. The van der Waals surface area contributed by atoms with Gasteiger partial charge in [0.2, 0.25) is 0 Å². The monoisotopic (exact) mass is 306 g/mol. The van der Waals surface area contributed by atoms with Crippen LogP contribution in [0.25, 0.3) is 11.3 Å². The van der Waals surface area contributed by atoms with E-state index in [0.29, 0.717) is 17.3 Å². The van der Waals surface area contributed by atoms with Crippen molar-refractivity contribution in [1.82, 2.24) is 10.5 Å². The van der Waals surface area contributed by atoms with Crippen LogP contribution in [0.3, 0.4) is 0 Å². The van der Waals surface area contributed by atoms with Crippen LogP contribution in [0.15, 0.2) is 34.9 Å². The molecule has 0 unspecified atom stereocenters. The van der Waals surface area contributed by atoms with E-state index in [-0.39, 0.29) is 17.7 Å². The van der Waals surface area contributed by atoms with E-state index in [4.69, 9.17) is 20.9 Å². The molecule has 1 N–H and O–H groups in total. The zero-order valence-electron chi connectivity index (χ0n) is 11.3. The summed E-state index contributed by atoms with van der Waals surface area (Å²) in [6, 6.07) is 8.77. The van der Waals surface area contributed by atoms with Crippen molar-refractivity contribution >= 4 is 17.5 Å². The van der Waals surface area contributed by atoms with Crippen LogP contribution < -0.4 is 5.32 Å². The van der Waals surface area contributed by atoms with Gasteiger partial charge in [0.15, 0.2) is 11.5 Å². The Morgan fingerprint density at radius 1 is 1.38 bits per heavy atom. The molecule has 110 valence electrons. The van der Waals surface area contributed by atoms with Crippen molar-refractivity contribution in [3.05, 3.63) is 41.0 Å². The fourth-order valence-electron chi connectivity index (χ4n) is 2.23. The van der Waals surface area contributed by atoms with Crippen LogP contribution in [0.2, 0.25) is 5.02 Å². The second-order valence-electron chi connectivity index (χ2n) is 4.93. The average Bonchev–Trinajstić information content (AvgIpc) is 3.17. The van der Waals surface area contributed by atoms with Gasteiger partial charge in [-0.15, -0.1) is 0 Å². The minimum atomic E-state index is -0.255. The largest absolute Gasteiger partial charge is 0.376 e. The molecule has 0 aliphatic carbocycles. The van der Waals surface area contributed by atoms with E-state index < -0.39 is 0 Å². The molecule has 0 saturated carbocycles. The molecule has 1 atom stereocenters. The highest BCUT2D eigenvalue weighted by Crippen LogP contribution is 2.22. The van der Waals surface area contributed by atoms with Crippen molar-refractivity contribution in [1.29, 1.82) is 0 Å². The summed E-state index contributed by atoms with van der Waals surface area (Å²) in [4.78, 5) is 12.0. The lowest BCUT2D eigenvalue weighted by Crippen LogP contribution is -2.31. The standard InChI is InChI=1S/C15H15ClN2O3/c16-11-5-3-10(4-6-11)14-8-13(18-21-14)15(19)17-9-12-2-1-7-20-12/h3-6,8,12H,1-2,7,9H2,(H,17,19)/t12-/m1/s1. The van der Waals surface area contributed by atoms with Crippen molar-refractivity contribution < 1.29 is 14.1 Å². The summed E-state index contributed by atoms with van der Waals surface area (Å²) in [6.07, 6.45) is 2.14. The van der Waals surface area contributed by atoms with Gasteiger partial charge < -0.3 is 14.6 Å². The number of hydrogen-bond acceptors (Lipinski definition) is 4. The van der Waals surface area contributed by atoms with Crippen molar-refractivity contribution in [3.8, 4) is 11.3 Å².